The van der Waals surface area contributed by atoms with Gasteiger partial charge in [0.15, 0.2) is 5.75 Å². The van der Waals surface area contributed by atoms with E-state index in [-0.39, 0.29) is 29.8 Å². The van der Waals surface area contributed by atoms with Gasteiger partial charge in [-0.15, -0.1) is 0 Å². The van der Waals surface area contributed by atoms with Crippen molar-refractivity contribution in [1.82, 2.24) is 5.32 Å². The molecular weight excluding hydrogens is 383 g/mol. The van der Waals surface area contributed by atoms with Gasteiger partial charge in [0.1, 0.15) is 18.8 Å². The topological polar surface area (TPSA) is 117 Å². The molecular formula is C20H29FN2O6. The van der Waals surface area contributed by atoms with E-state index < -0.39 is 36.0 Å². The summed E-state index contributed by atoms with van der Waals surface area (Å²) in [6.07, 6.45) is -0.731. The Morgan fingerprint density at radius 1 is 1.03 bits per heavy atom. The van der Waals surface area contributed by atoms with Crippen molar-refractivity contribution in [3.63, 3.8) is 0 Å². The van der Waals surface area contributed by atoms with Crippen LogP contribution in [0.2, 0.25) is 0 Å². The normalized spacial score (nSPS) is 14.1. The van der Waals surface area contributed by atoms with Gasteiger partial charge in [0.2, 0.25) is 5.91 Å². The first-order valence-corrected chi connectivity index (χ1v) is 9.39. The predicted octanol–water partition coefficient (Wildman–Crippen LogP) is 2.16. The van der Waals surface area contributed by atoms with E-state index in [2.05, 4.69) is 10.3 Å². The molecule has 3 N–H and O–H groups in total. The average molecular weight is 412 g/mol. The molecule has 0 aromatic heterocycles. The molecule has 1 aromatic rings. The summed E-state index contributed by atoms with van der Waals surface area (Å²) in [7, 11) is 0. The highest BCUT2D eigenvalue weighted by Gasteiger charge is 2.29. The van der Waals surface area contributed by atoms with Crippen LogP contribution in [0, 0.1) is 11.8 Å². The van der Waals surface area contributed by atoms with Gasteiger partial charge in [-0.25, -0.2) is 9.59 Å². The Bertz CT molecular complexity index is 693. The highest BCUT2D eigenvalue weighted by atomic mass is 19.3. The smallest absolute Gasteiger partial charge is 0.338 e. The molecule has 0 bridgehead atoms. The van der Waals surface area contributed by atoms with Crippen molar-refractivity contribution in [1.29, 1.82) is 0 Å². The number of carbonyl (C=O) groups excluding carboxylic acids is 3. The number of rotatable bonds is 10. The minimum absolute atomic E-state index is 0.0394. The molecule has 0 fully saturated rings. The van der Waals surface area contributed by atoms with Crippen LogP contribution in [-0.2, 0) is 19.1 Å². The van der Waals surface area contributed by atoms with Gasteiger partial charge in [-0.3, -0.25) is 9.74 Å². The number of hydrogen-bond acceptors (Lipinski definition) is 7. The summed E-state index contributed by atoms with van der Waals surface area (Å²) in [5.41, 5.74) is 6.00. The summed E-state index contributed by atoms with van der Waals surface area (Å²) in [6.45, 7) is 8.51. The molecule has 0 saturated heterocycles. The van der Waals surface area contributed by atoms with E-state index in [1.165, 1.54) is 24.3 Å². The Hall–Kier alpha value is -2.68. The van der Waals surface area contributed by atoms with Gasteiger partial charge in [-0.05, 0) is 43.0 Å². The number of amides is 1. The van der Waals surface area contributed by atoms with Gasteiger partial charge in [0.05, 0.1) is 11.6 Å². The van der Waals surface area contributed by atoms with Crippen molar-refractivity contribution >= 4 is 17.8 Å². The van der Waals surface area contributed by atoms with E-state index in [9.17, 15) is 18.9 Å². The van der Waals surface area contributed by atoms with Crippen LogP contribution in [0.4, 0.5) is 4.53 Å². The van der Waals surface area contributed by atoms with Crippen molar-refractivity contribution in [2.75, 3.05) is 6.61 Å². The van der Waals surface area contributed by atoms with Gasteiger partial charge in [0, 0.05) is 4.53 Å². The van der Waals surface area contributed by atoms with E-state index in [1.807, 2.05) is 0 Å². The maximum Gasteiger partial charge on any atom is 0.338 e. The van der Waals surface area contributed by atoms with E-state index in [0.29, 0.717) is 0 Å². The molecule has 3 atom stereocenters. The van der Waals surface area contributed by atoms with Crippen LogP contribution in [0.15, 0.2) is 24.3 Å². The van der Waals surface area contributed by atoms with Crippen molar-refractivity contribution in [2.45, 2.75) is 52.8 Å². The fourth-order valence-electron chi connectivity index (χ4n) is 2.27. The molecule has 9 heteroatoms. The van der Waals surface area contributed by atoms with E-state index >= 15 is 0 Å². The van der Waals surface area contributed by atoms with Crippen molar-refractivity contribution in [2.24, 2.45) is 17.6 Å². The second kappa shape index (κ2) is 11.4. The van der Waals surface area contributed by atoms with E-state index in [0.717, 1.165) is 0 Å². The van der Waals surface area contributed by atoms with Gasteiger partial charge >= 0.3 is 11.9 Å². The summed E-state index contributed by atoms with van der Waals surface area (Å²) >= 11 is 0. The van der Waals surface area contributed by atoms with Gasteiger partial charge in [-0.1, -0.05) is 27.7 Å². The van der Waals surface area contributed by atoms with Crippen molar-refractivity contribution in [3.8, 4) is 5.75 Å². The fourth-order valence-corrected chi connectivity index (χ4v) is 2.27. The van der Waals surface area contributed by atoms with Crippen LogP contribution < -0.4 is 16.0 Å². The van der Waals surface area contributed by atoms with Gasteiger partial charge in [0.25, 0.3) is 0 Å². The molecule has 0 heterocycles. The van der Waals surface area contributed by atoms with Crippen LogP contribution in [-0.4, -0.2) is 42.6 Å². The number of esters is 2. The number of halogens is 1. The third-order valence-electron chi connectivity index (χ3n) is 4.19. The third kappa shape index (κ3) is 7.69. The van der Waals surface area contributed by atoms with Crippen molar-refractivity contribution < 1.29 is 33.3 Å². The zero-order chi connectivity index (χ0) is 22.1. The number of benzene rings is 1. The van der Waals surface area contributed by atoms with Gasteiger partial charge in [-0.2, -0.15) is 0 Å². The van der Waals surface area contributed by atoms with E-state index in [1.54, 1.807) is 34.6 Å². The largest absolute Gasteiger partial charge is 0.460 e. The lowest BCUT2D eigenvalue weighted by molar-refractivity contribution is -0.152. The Kier molecular flexibility index (Phi) is 9.54. The molecule has 0 aliphatic rings. The van der Waals surface area contributed by atoms with Crippen LogP contribution in [0.3, 0.4) is 0 Å². The zero-order valence-corrected chi connectivity index (χ0v) is 17.3. The number of carbonyl (C=O) groups is 3. The first-order chi connectivity index (χ1) is 13.6. The Balaban J connectivity index is 2.58. The molecule has 0 aliphatic carbocycles. The zero-order valence-electron chi connectivity index (χ0n) is 17.3. The SMILES string of the molecule is CC(COC(=O)C(NC(=O)C(N)C(C)C)C(C)C)OC(=O)c1ccc(OF)cc1. The summed E-state index contributed by atoms with van der Waals surface area (Å²) in [4.78, 5) is 40.1. The predicted molar refractivity (Wildman–Crippen MR) is 104 cm³/mol. The molecule has 3 unspecified atom stereocenters. The number of hydrogen-bond donors (Lipinski definition) is 2. The Labute approximate surface area is 169 Å². The average Bonchev–Trinajstić information content (AvgIpc) is 2.68. The monoisotopic (exact) mass is 412 g/mol. The molecule has 29 heavy (non-hydrogen) atoms. The van der Waals surface area contributed by atoms with Gasteiger partial charge < -0.3 is 20.5 Å². The van der Waals surface area contributed by atoms with Crippen LogP contribution in [0.1, 0.15) is 45.0 Å². The van der Waals surface area contributed by atoms with E-state index in [4.69, 9.17) is 15.2 Å². The quantitative estimate of drug-likeness (QED) is 0.566. The third-order valence-corrected chi connectivity index (χ3v) is 4.19. The fraction of sp³-hybridized carbons (Fsp3) is 0.550. The molecule has 0 saturated carbocycles. The lowest BCUT2D eigenvalue weighted by atomic mass is 10.0. The molecule has 1 amide bonds. The summed E-state index contributed by atoms with van der Waals surface area (Å²) in [6, 6.07) is 3.64. The number of ether oxygens (including phenoxy) is 2. The first kappa shape index (κ1) is 24.4. The molecule has 8 nitrogen and oxygen atoms in total. The summed E-state index contributed by atoms with van der Waals surface area (Å²) in [5, 5.41) is 2.61. The van der Waals surface area contributed by atoms with Crippen LogP contribution >= 0.6 is 0 Å². The highest BCUT2D eigenvalue weighted by molar-refractivity contribution is 5.89. The Morgan fingerprint density at radius 3 is 2.10 bits per heavy atom. The molecule has 0 radical (unpaired) electrons. The lowest BCUT2D eigenvalue weighted by Gasteiger charge is -2.24. The van der Waals surface area contributed by atoms with Crippen LogP contribution in [0.5, 0.6) is 5.75 Å². The molecule has 1 aromatic carbocycles. The maximum absolute atomic E-state index is 12.4. The molecule has 0 aliphatic heterocycles. The minimum Gasteiger partial charge on any atom is -0.460 e. The molecule has 1 rings (SSSR count). The molecule has 0 spiro atoms. The minimum atomic E-state index is -0.872. The number of nitrogens with two attached hydrogens (primary N) is 1. The second-order valence-corrected chi connectivity index (χ2v) is 7.45. The summed E-state index contributed by atoms with van der Waals surface area (Å²) in [5.74, 6) is -2.07. The first-order valence-electron chi connectivity index (χ1n) is 9.39. The van der Waals surface area contributed by atoms with Crippen molar-refractivity contribution in [3.05, 3.63) is 29.8 Å². The number of nitrogens with one attached hydrogen (secondary N) is 1. The lowest BCUT2D eigenvalue weighted by Crippen LogP contribution is -2.52. The maximum atomic E-state index is 12.4. The van der Waals surface area contributed by atoms with Crippen LogP contribution in [0.25, 0.3) is 0 Å². The highest BCUT2D eigenvalue weighted by Crippen LogP contribution is 2.14. The second-order valence-electron chi connectivity index (χ2n) is 7.45. The Morgan fingerprint density at radius 2 is 1.62 bits per heavy atom. The molecule has 162 valence electrons. The summed E-state index contributed by atoms with van der Waals surface area (Å²) < 4.78 is 22.4. The standard InChI is InChI=1S/C20H29FN2O6/c1-11(2)16(22)18(24)23-17(12(3)4)20(26)27-10-13(5)28-19(25)14-6-8-15(29-21)9-7-14/h6-9,11-13,16-17H,10,22H2,1-5H3,(H,23,24).